The Labute approximate surface area is 104 Å². The first kappa shape index (κ1) is 11.6. The number of benzene rings is 1. The van der Waals surface area contributed by atoms with E-state index < -0.39 is 0 Å². The maximum Gasteiger partial charge on any atom is 0.255 e. The predicted molar refractivity (Wildman–Crippen MR) is 66.9 cm³/mol. The summed E-state index contributed by atoms with van der Waals surface area (Å²) in [6, 6.07) is 10.8. The summed E-state index contributed by atoms with van der Waals surface area (Å²) in [5, 5.41) is 2.80. The summed E-state index contributed by atoms with van der Waals surface area (Å²) in [5.41, 5.74) is 2.37. The Kier molecular flexibility index (Phi) is 3.73. The highest BCUT2D eigenvalue weighted by Gasteiger charge is 2.05. The van der Waals surface area contributed by atoms with E-state index in [1.54, 1.807) is 36.7 Å². The van der Waals surface area contributed by atoms with Gasteiger partial charge < -0.3 is 5.32 Å². The molecule has 1 aromatic heterocycles. The lowest BCUT2D eigenvalue weighted by Gasteiger charge is -2.04. The molecule has 0 unspecified atom stereocenters. The van der Waals surface area contributed by atoms with Gasteiger partial charge in [-0.1, -0.05) is 12.1 Å². The van der Waals surface area contributed by atoms with Crippen molar-refractivity contribution in [2.24, 2.45) is 0 Å². The molecule has 0 aliphatic heterocycles. The summed E-state index contributed by atoms with van der Waals surface area (Å²) in [5.74, 6) is 0.327. The van der Waals surface area contributed by atoms with Crippen LogP contribution in [0.15, 0.2) is 48.8 Å². The summed E-state index contributed by atoms with van der Waals surface area (Å²) < 4.78 is 0. The average Bonchev–Trinajstić information content (AvgIpc) is 2.40. The molecule has 0 saturated heterocycles. The Morgan fingerprint density at radius 2 is 1.76 bits per heavy atom. The van der Waals surface area contributed by atoms with E-state index in [1.165, 1.54) is 0 Å². The minimum atomic E-state index is -0.127. The maximum absolute atomic E-state index is 11.9. The summed E-state index contributed by atoms with van der Waals surface area (Å²) >= 11 is 5.68. The third-order valence-corrected chi connectivity index (χ3v) is 2.66. The number of carbonyl (C=O) groups is 1. The molecule has 4 heteroatoms. The summed E-state index contributed by atoms with van der Waals surface area (Å²) in [6.45, 7) is 0. The lowest BCUT2D eigenvalue weighted by molar-refractivity contribution is -0.377. The number of hydrogen-bond donors (Lipinski definition) is 1. The summed E-state index contributed by atoms with van der Waals surface area (Å²) in [6.07, 6.45) is 3.51. The quantitative estimate of drug-likeness (QED) is 0.832. The van der Waals surface area contributed by atoms with E-state index in [1.807, 2.05) is 12.1 Å². The number of aromatic amines is 1. The fourth-order valence-corrected chi connectivity index (χ4v) is 1.60. The van der Waals surface area contributed by atoms with Crippen LogP contribution in [-0.4, -0.2) is 5.91 Å². The van der Waals surface area contributed by atoms with Gasteiger partial charge in [-0.3, -0.25) is 4.79 Å². The van der Waals surface area contributed by atoms with Gasteiger partial charge in [-0.05, 0) is 17.7 Å². The highest BCUT2D eigenvalue weighted by Crippen LogP contribution is 2.09. The van der Waals surface area contributed by atoms with Crippen LogP contribution in [0.5, 0.6) is 0 Å². The van der Waals surface area contributed by atoms with Crippen molar-refractivity contribution in [2.45, 2.75) is 5.88 Å². The number of H-pyrrole nitrogens is 1. The van der Waals surface area contributed by atoms with E-state index in [4.69, 9.17) is 11.6 Å². The Hall–Kier alpha value is -1.87. The second-order valence-electron chi connectivity index (χ2n) is 3.57. The number of amides is 1. The third kappa shape index (κ3) is 3.04. The van der Waals surface area contributed by atoms with Gasteiger partial charge in [0, 0.05) is 23.6 Å². The van der Waals surface area contributed by atoms with Crippen molar-refractivity contribution in [1.29, 1.82) is 0 Å². The Balaban J connectivity index is 2.09. The van der Waals surface area contributed by atoms with Crippen LogP contribution in [0.2, 0.25) is 0 Å². The standard InChI is InChI=1S/C13H11ClN2O/c14-9-10-1-3-11(4-2-10)13(17)16-12-5-7-15-8-6-12/h1-8H,9H2,(H,15,16,17)/p+1. The number of hydrogen-bond acceptors (Lipinski definition) is 1. The molecular formula is C13H12ClN2O+. The van der Waals surface area contributed by atoms with Crippen LogP contribution in [0, 0.1) is 0 Å². The second kappa shape index (κ2) is 5.46. The van der Waals surface area contributed by atoms with Gasteiger partial charge in [-0.2, -0.15) is 0 Å². The number of aromatic nitrogens is 1. The van der Waals surface area contributed by atoms with Gasteiger partial charge in [0.15, 0.2) is 12.4 Å². The fraction of sp³-hybridized carbons (Fsp3) is 0.0769. The van der Waals surface area contributed by atoms with Crippen LogP contribution in [0.3, 0.4) is 0 Å². The smallest absolute Gasteiger partial charge is 0.255 e. The molecule has 0 aliphatic rings. The molecule has 1 amide bonds. The highest BCUT2D eigenvalue weighted by atomic mass is 35.5. The Morgan fingerprint density at radius 1 is 1.12 bits per heavy atom. The molecule has 0 aliphatic carbocycles. The summed E-state index contributed by atoms with van der Waals surface area (Å²) in [7, 11) is 0. The van der Waals surface area contributed by atoms with Crippen molar-refractivity contribution in [1.82, 2.24) is 0 Å². The zero-order chi connectivity index (χ0) is 12.1. The van der Waals surface area contributed by atoms with Gasteiger partial charge in [0.25, 0.3) is 5.91 Å². The Morgan fingerprint density at radius 3 is 2.35 bits per heavy atom. The van der Waals surface area contributed by atoms with E-state index in [0.717, 1.165) is 11.3 Å². The lowest BCUT2D eigenvalue weighted by atomic mass is 10.1. The molecular weight excluding hydrogens is 236 g/mol. The SMILES string of the molecule is O=C(Nc1cc[nH+]cc1)c1ccc(CCl)cc1. The van der Waals surface area contributed by atoms with Crippen molar-refractivity contribution in [3.63, 3.8) is 0 Å². The van der Waals surface area contributed by atoms with Crippen molar-refractivity contribution in [2.75, 3.05) is 5.32 Å². The van der Waals surface area contributed by atoms with Crippen LogP contribution >= 0.6 is 11.6 Å². The van der Waals surface area contributed by atoms with Gasteiger partial charge >= 0.3 is 0 Å². The normalized spacial score (nSPS) is 9.94. The van der Waals surface area contributed by atoms with Crippen molar-refractivity contribution in [3.8, 4) is 0 Å². The van der Waals surface area contributed by atoms with E-state index in [2.05, 4.69) is 10.3 Å². The van der Waals surface area contributed by atoms with Gasteiger partial charge in [0.2, 0.25) is 0 Å². The molecule has 2 N–H and O–H groups in total. The molecule has 86 valence electrons. The first-order chi connectivity index (χ1) is 8.29. The lowest BCUT2D eigenvalue weighted by Crippen LogP contribution is -2.12. The number of anilines is 1. The van der Waals surface area contributed by atoms with Gasteiger partial charge in [0.05, 0.1) is 5.69 Å². The minimum Gasteiger partial charge on any atom is -0.322 e. The molecule has 1 aromatic carbocycles. The minimum absolute atomic E-state index is 0.127. The Bertz CT molecular complexity index is 497. The van der Waals surface area contributed by atoms with E-state index in [9.17, 15) is 4.79 Å². The van der Waals surface area contributed by atoms with Gasteiger partial charge in [0.1, 0.15) is 0 Å². The van der Waals surface area contributed by atoms with Crippen LogP contribution in [0.4, 0.5) is 5.69 Å². The molecule has 0 radical (unpaired) electrons. The second-order valence-corrected chi connectivity index (χ2v) is 3.84. The number of carbonyl (C=O) groups excluding carboxylic acids is 1. The molecule has 17 heavy (non-hydrogen) atoms. The third-order valence-electron chi connectivity index (χ3n) is 2.35. The zero-order valence-corrected chi connectivity index (χ0v) is 9.87. The van der Waals surface area contributed by atoms with E-state index in [0.29, 0.717) is 11.4 Å². The maximum atomic E-state index is 11.9. The fourth-order valence-electron chi connectivity index (χ4n) is 1.42. The monoisotopic (exact) mass is 247 g/mol. The summed E-state index contributed by atoms with van der Waals surface area (Å²) in [4.78, 5) is 14.8. The van der Waals surface area contributed by atoms with Crippen molar-refractivity contribution >= 4 is 23.2 Å². The molecule has 0 fully saturated rings. The van der Waals surface area contributed by atoms with Crippen LogP contribution in [0.1, 0.15) is 15.9 Å². The molecule has 0 bridgehead atoms. The number of pyridine rings is 1. The average molecular weight is 248 g/mol. The largest absolute Gasteiger partial charge is 0.322 e. The van der Waals surface area contributed by atoms with Crippen LogP contribution < -0.4 is 10.3 Å². The molecule has 2 aromatic rings. The predicted octanol–water partition coefficient (Wildman–Crippen LogP) is 2.49. The highest BCUT2D eigenvalue weighted by molar-refractivity contribution is 6.17. The molecule has 0 spiro atoms. The van der Waals surface area contributed by atoms with Crippen LogP contribution in [0.25, 0.3) is 0 Å². The van der Waals surface area contributed by atoms with Gasteiger partial charge in [-0.25, -0.2) is 4.98 Å². The van der Waals surface area contributed by atoms with Crippen molar-refractivity contribution in [3.05, 3.63) is 59.9 Å². The van der Waals surface area contributed by atoms with Gasteiger partial charge in [-0.15, -0.1) is 11.6 Å². The number of rotatable bonds is 3. The number of halogens is 1. The topological polar surface area (TPSA) is 43.2 Å². The first-order valence-electron chi connectivity index (χ1n) is 5.22. The van der Waals surface area contributed by atoms with Crippen LogP contribution in [-0.2, 0) is 5.88 Å². The number of alkyl halides is 1. The van der Waals surface area contributed by atoms with E-state index >= 15 is 0 Å². The first-order valence-corrected chi connectivity index (χ1v) is 5.75. The molecule has 2 rings (SSSR count). The van der Waals surface area contributed by atoms with E-state index in [-0.39, 0.29) is 5.91 Å². The zero-order valence-electron chi connectivity index (χ0n) is 9.11. The molecule has 3 nitrogen and oxygen atoms in total. The van der Waals surface area contributed by atoms with Crippen molar-refractivity contribution < 1.29 is 9.78 Å². The molecule has 1 heterocycles. The molecule has 0 atom stereocenters. The number of nitrogens with one attached hydrogen (secondary N) is 2. The molecule has 0 saturated carbocycles.